The second-order valence-corrected chi connectivity index (χ2v) is 9.49. The van der Waals surface area contributed by atoms with Gasteiger partial charge in [0.2, 0.25) is 20.8 Å². The first-order chi connectivity index (χ1) is 14.8. The minimum Gasteiger partial charge on any atom is -0.491 e. The van der Waals surface area contributed by atoms with Crippen LogP contribution >= 0.6 is 11.6 Å². The van der Waals surface area contributed by atoms with Gasteiger partial charge in [0.1, 0.15) is 30.5 Å². The second kappa shape index (κ2) is 8.46. The standard InChI is InChI=1S/C20H21ClN4O5S/c1-25-13-23-24-19(25)31(26,27)12-20(14-2-4-15(21)5-3-14)29-11-18(30-20)10-28-17-8-6-16(22)7-9-17/h2-9,13,18H,10-12,22H2,1H3/t18-,20-/m1/s1. The number of aryl methyl sites for hydroxylation is 1. The molecule has 164 valence electrons. The molecule has 31 heavy (non-hydrogen) atoms. The predicted molar refractivity (Wildman–Crippen MR) is 113 cm³/mol. The zero-order chi connectivity index (χ0) is 22.1. The average molecular weight is 465 g/mol. The van der Waals surface area contributed by atoms with Crippen molar-refractivity contribution >= 4 is 27.1 Å². The molecule has 2 heterocycles. The van der Waals surface area contributed by atoms with Gasteiger partial charge in [-0.15, -0.1) is 10.2 Å². The lowest BCUT2D eigenvalue weighted by molar-refractivity contribution is -0.161. The average Bonchev–Trinajstić information content (AvgIpc) is 3.35. The molecular formula is C20H21ClN4O5S. The molecule has 0 saturated carbocycles. The summed E-state index contributed by atoms with van der Waals surface area (Å²) in [6, 6.07) is 13.6. The van der Waals surface area contributed by atoms with Crippen molar-refractivity contribution in [2.75, 3.05) is 24.7 Å². The Morgan fingerprint density at radius 1 is 1.23 bits per heavy atom. The molecule has 3 aromatic rings. The molecule has 2 atom stereocenters. The summed E-state index contributed by atoms with van der Waals surface area (Å²) in [5.74, 6) is -1.40. The molecule has 0 spiro atoms. The Bertz CT molecular complexity index is 1150. The van der Waals surface area contributed by atoms with Crippen molar-refractivity contribution in [3.63, 3.8) is 0 Å². The third kappa shape index (κ3) is 4.67. The Kier molecular flexibility index (Phi) is 5.89. The molecule has 2 aromatic carbocycles. The highest BCUT2D eigenvalue weighted by Crippen LogP contribution is 2.37. The van der Waals surface area contributed by atoms with Gasteiger partial charge in [-0.25, -0.2) is 8.42 Å². The number of nitrogens with zero attached hydrogens (tertiary/aromatic N) is 3. The summed E-state index contributed by atoms with van der Waals surface area (Å²) < 4.78 is 45.4. The summed E-state index contributed by atoms with van der Waals surface area (Å²) >= 11 is 6.01. The molecule has 0 bridgehead atoms. The lowest BCUT2D eigenvalue weighted by atomic mass is 10.1. The molecule has 0 radical (unpaired) electrons. The molecular weight excluding hydrogens is 444 g/mol. The van der Waals surface area contributed by atoms with E-state index in [1.165, 1.54) is 10.9 Å². The summed E-state index contributed by atoms with van der Waals surface area (Å²) in [6.07, 6.45) is 0.824. The number of ether oxygens (including phenoxy) is 3. The zero-order valence-electron chi connectivity index (χ0n) is 16.6. The van der Waals surface area contributed by atoms with Crippen molar-refractivity contribution in [2.45, 2.75) is 17.0 Å². The Balaban J connectivity index is 1.57. The summed E-state index contributed by atoms with van der Waals surface area (Å²) in [4.78, 5) is 0. The van der Waals surface area contributed by atoms with Crippen LogP contribution in [-0.4, -0.2) is 48.3 Å². The molecule has 1 aromatic heterocycles. The van der Waals surface area contributed by atoms with Gasteiger partial charge in [0.25, 0.3) is 0 Å². The molecule has 2 N–H and O–H groups in total. The van der Waals surface area contributed by atoms with E-state index in [0.717, 1.165) is 0 Å². The topological polar surface area (TPSA) is 119 Å². The normalized spacial score (nSPS) is 21.3. The maximum absolute atomic E-state index is 13.1. The zero-order valence-corrected chi connectivity index (χ0v) is 18.2. The Labute approximate surface area is 184 Å². The van der Waals surface area contributed by atoms with Crippen molar-refractivity contribution in [3.05, 3.63) is 65.4 Å². The molecule has 1 aliphatic rings. The SMILES string of the molecule is Cn1cnnc1S(=O)(=O)C[C@@]1(c2ccc(Cl)cc2)OC[C@@H](COc2ccc(N)cc2)O1. The van der Waals surface area contributed by atoms with Crippen LogP contribution in [0.3, 0.4) is 0 Å². The van der Waals surface area contributed by atoms with E-state index in [-0.39, 0.29) is 18.4 Å². The van der Waals surface area contributed by atoms with Gasteiger partial charge in [-0.1, -0.05) is 23.7 Å². The van der Waals surface area contributed by atoms with E-state index in [1.807, 2.05) is 0 Å². The van der Waals surface area contributed by atoms with Crippen LogP contribution in [0.2, 0.25) is 5.02 Å². The Morgan fingerprint density at radius 2 is 1.94 bits per heavy atom. The number of nitrogen functional groups attached to an aromatic ring is 1. The van der Waals surface area contributed by atoms with E-state index in [4.69, 9.17) is 31.5 Å². The van der Waals surface area contributed by atoms with E-state index in [9.17, 15) is 8.42 Å². The maximum Gasteiger partial charge on any atom is 0.249 e. The lowest BCUT2D eigenvalue weighted by Crippen LogP contribution is -2.37. The van der Waals surface area contributed by atoms with Gasteiger partial charge in [-0.2, -0.15) is 0 Å². The summed E-state index contributed by atoms with van der Waals surface area (Å²) in [5, 5.41) is 7.73. The molecule has 1 fully saturated rings. The number of sulfone groups is 1. The van der Waals surface area contributed by atoms with Crippen molar-refractivity contribution < 1.29 is 22.6 Å². The summed E-state index contributed by atoms with van der Waals surface area (Å²) in [5.41, 5.74) is 6.84. The fourth-order valence-corrected chi connectivity index (χ4v) is 5.01. The van der Waals surface area contributed by atoms with Gasteiger partial charge in [-0.05, 0) is 36.4 Å². The van der Waals surface area contributed by atoms with Crippen molar-refractivity contribution in [2.24, 2.45) is 7.05 Å². The van der Waals surface area contributed by atoms with E-state index in [0.29, 0.717) is 22.0 Å². The number of hydrogen-bond acceptors (Lipinski definition) is 8. The number of nitrogens with two attached hydrogens (primary N) is 1. The summed E-state index contributed by atoms with van der Waals surface area (Å²) in [7, 11) is -2.33. The fraction of sp³-hybridized carbons (Fsp3) is 0.300. The minimum atomic E-state index is -3.89. The van der Waals surface area contributed by atoms with Crippen LogP contribution in [0.25, 0.3) is 0 Å². The first-order valence-electron chi connectivity index (χ1n) is 9.40. The van der Waals surface area contributed by atoms with Crippen molar-refractivity contribution in [3.8, 4) is 5.75 Å². The molecule has 1 aliphatic heterocycles. The monoisotopic (exact) mass is 464 g/mol. The highest BCUT2D eigenvalue weighted by atomic mass is 35.5. The summed E-state index contributed by atoms with van der Waals surface area (Å²) in [6.45, 7) is 0.315. The van der Waals surface area contributed by atoms with E-state index >= 15 is 0 Å². The van der Waals surface area contributed by atoms with Gasteiger partial charge in [0.15, 0.2) is 0 Å². The maximum atomic E-state index is 13.1. The van der Waals surface area contributed by atoms with Crippen LogP contribution in [0.15, 0.2) is 60.0 Å². The second-order valence-electron chi connectivity index (χ2n) is 7.17. The van der Waals surface area contributed by atoms with Crippen molar-refractivity contribution in [1.29, 1.82) is 0 Å². The molecule has 0 aliphatic carbocycles. The Morgan fingerprint density at radius 3 is 2.58 bits per heavy atom. The van der Waals surface area contributed by atoms with Crippen LogP contribution < -0.4 is 10.5 Å². The number of benzene rings is 2. The van der Waals surface area contributed by atoms with Gasteiger partial charge in [-0.3, -0.25) is 0 Å². The molecule has 11 heteroatoms. The van der Waals surface area contributed by atoms with E-state index in [1.54, 1.807) is 55.6 Å². The third-order valence-electron chi connectivity index (χ3n) is 4.79. The van der Waals surface area contributed by atoms with Gasteiger partial charge in [0, 0.05) is 23.3 Å². The first-order valence-corrected chi connectivity index (χ1v) is 11.4. The molecule has 0 unspecified atom stereocenters. The van der Waals surface area contributed by atoms with Gasteiger partial charge in [0.05, 0.1) is 6.61 Å². The largest absolute Gasteiger partial charge is 0.491 e. The number of aromatic nitrogens is 3. The number of anilines is 1. The van der Waals surface area contributed by atoms with Crippen LogP contribution in [0.4, 0.5) is 5.69 Å². The fourth-order valence-electron chi connectivity index (χ4n) is 3.28. The number of hydrogen-bond donors (Lipinski definition) is 1. The predicted octanol–water partition coefficient (Wildman–Crippen LogP) is 2.17. The molecule has 4 rings (SSSR count). The highest BCUT2D eigenvalue weighted by molar-refractivity contribution is 7.91. The van der Waals surface area contributed by atoms with E-state index < -0.39 is 27.5 Å². The van der Waals surface area contributed by atoms with Gasteiger partial charge < -0.3 is 24.5 Å². The Hall–Kier alpha value is -2.66. The van der Waals surface area contributed by atoms with Crippen LogP contribution in [0.1, 0.15) is 5.56 Å². The van der Waals surface area contributed by atoms with Gasteiger partial charge >= 0.3 is 0 Å². The lowest BCUT2D eigenvalue weighted by Gasteiger charge is -2.28. The molecule has 1 saturated heterocycles. The van der Waals surface area contributed by atoms with Crippen molar-refractivity contribution in [1.82, 2.24) is 14.8 Å². The van der Waals surface area contributed by atoms with Crippen LogP contribution in [0, 0.1) is 0 Å². The number of rotatable bonds is 7. The third-order valence-corrected chi connectivity index (χ3v) is 6.73. The molecule has 0 amide bonds. The van der Waals surface area contributed by atoms with Crippen LogP contribution in [0.5, 0.6) is 5.75 Å². The quantitative estimate of drug-likeness (QED) is 0.528. The van der Waals surface area contributed by atoms with E-state index in [2.05, 4.69) is 10.2 Å². The first kappa shape index (κ1) is 21.6. The smallest absolute Gasteiger partial charge is 0.249 e. The molecule has 9 nitrogen and oxygen atoms in total. The highest BCUT2D eigenvalue weighted by Gasteiger charge is 2.48. The van der Waals surface area contributed by atoms with Crippen LogP contribution in [-0.2, 0) is 32.1 Å². The minimum absolute atomic E-state index is 0.145. The number of halogens is 1.